The maximum atomic E-state index is 12.1. The third kappa shape index (κ3) is 3.14. The number of hydrogen-bond acceptors (Lipinski definition) is 3. The van der Waals surface area contributed by atoms with E-state index in [-0.39, 0.29) is 11.7 Å². The molecule has 3 aromatic rings. The van der Waals surface area contributed by atoms with Crippen molar-refractivity contribution in [2.45, 2.75) is 12.5 Å². The Morgan fingerprint density at radius 2 is 1.58 bits per heavy atom. The molecule has 2 N–H and O–H groups in total. The van der Waals surface area contributed by atoms with Crippen LogP contribution in [0.5, 0.6) is 5.75 Å². The molecule has 4 heteroatoms. The van der Waals surface area contributed by atoms with Gasteiger partial charge >= 0.3 is 6.09 Å². The predicted molar refractivity (Wildman–Crippen MR) is 100 cm³/mol. The Kier molecular flexibility index (Phi) is 4.32. The zero-order valence-electron chi connectivity index (χ0n) is 14.2. The van der Waals surface area contributed by atoms with Crippen molar-refractivity contribution in [3.8, 4) is 16.9 Å². The van der Waals surface area contributed by atoms with Crippen LogP contribution in [0.4, 0.5) is 4.79 Å². The molecule has 0 spiro atoms. The molecule has 0 heterocycles. The molecule has 0 saturated carbocycles. The summed E-state index contributed by atoms with van der Waals surface area (Å²) in [5.74, 6) is 0.228. The molecule has 130 valence electrons. The molecular formula is C22H19NO3. The van der Waals surface area contributed by atoms with Crippen LogP contribution < -0.4 is 5.32 Å². The lowest BCUT2D eigenvalue weighted by Crippen LogP contribution is -2.25. The fourth-order valence-electron chi connectivity index (χ4n) is 3.49. The Hall–Kier alpha value is -3.27. The largest absolute Gasteiger partial charge is 0.508 e. The number of fused-ring (bicyclic) bond motifs is 3. The summed E-state index contributed by atoms with van der Waals surface area (Å²) in [7, 11) is 0. The van der Waals surface area contributed by atoms with Crippen molar-refractivity contribution < 1.29 is 14.6 Å². The third-order valence-electron chi connectivity index (χ3n) is 4.69. The molecule has 1 amide bonds. The van der Waals surface area contributed by atoms with E-state index in [1.165, 1.54) is 22.3 Å². The highest BCUT2D eigenvalue weighted by atomic mass is 16.5. The van der Waals surface area contributed by atoms with Crippen LogP contribution in [0, 0.1) is 0 Å². The van der Waals surface area contributed by atoms with Crippen molar-refractivity contribution in [3.63, 3.8) is 0 Å². The van der Waals surface area contributed by atoms with Crippen molar-refractivity contribution in [1.29, 1.82) is 0 Å². The summed E-state index contributed by atoms with van der Waals surface area (Å²) in [5, 5.41) is 12.2. The number of aromatic hydroxyl groups is 1. The first kappa shape index (κ1) is 16.2. The number of alkyl carbamates (subject to hydrolysis) is 1. The molecule has 0 atom stereocenters. The van der Waals surface area contributed by atoms with Gasteiger partial charge in [-0.25, -0.2) is 4.79 Å². The third-order valence-corrected chi connectivity index (χ3v) is 4.69. The molecule has 4 rings (SSSR count). The van der Waals surface area contributed by atoms with Crippen LogP contribution in [0.25, 0.3) is 11.1 Å². The Labute approximate surface area is 152 Å². The number of ether oxygens (including phenoxy) is 1. The minimum atomic E-state index is -0.463. The van der Waals surface area contributed by atoms with Crippen LogP contribution in [0.15, 0.2) is 72.8 Å². The van der Waals surface area contributed by atoms with Gasteiger partial charge in [0, 0.05) is 12.5 Å². The second-order valence-corrected chi connectivity index (χ2v) is 6.35. The van der Waals surface area contributed by atoms with Crippen molar-refractivity contribution in [1.82, 2.24) is 5.32 Å². The summed E-state index contributed by atoms with van der Waals surface area (Å²) in [6, 6.07) is 23.3. The summed E-state index contributed by atoms with van der Waals surface area (Å²) in [4.78, 5) is 12.1. The molecule has 0 saturated heterocycles. The molecule has 1 aliphatic rings. The van der Waals surface area contributed by atoms with E-state index in [0.717, 1.165) is 5.56 Å². The van der Waals surface area contributed by atoms with E-state index >= 15 is 0 Å². The number of nitrogens with one attached hydrogen (secondary N) is 1. The van der Waals surface area contributed by atoms with E-state index in [1.54, 1.807) is 18.2 Å². The van der Waals surface area contributed by atoms with Crippen LogP contribution in [0.3, 0.4) is 0 Å². The van der Waals surface area contributed by atoms with Crippen LogP contribution in [0.2, 0.25) is 0 Å². The van der Waals surface area contributed by atoms with Crippen LogP contribution in [-0.2, 0) is 11.3 Å². The molecule has 0 bridgehead atoms. The van der Waals surface area contributed by atoms with Gasteiger partial charge in [0.2, 0.25) is 0 Å². The number of phenols is 1. The van der Waals surface area contributed by atoms with E-state index in [1.807, 2.05) is 30.3 Å². The number of benzene rings is 3. The first-order valence-electron chi connectivity index (χ1n) is 8.59. The van der Waals surface area contributed by atoms with Gasteiger partial charge in [0.15, 0.2) is 0 Å². The zero-order valence-corrected chi connectivity index (χ0v) is 14.2. The van der Waals surface area contributed by atoms with Crippen LogP contribution >= 0.6 is 0 Å². The summed E-state index contributed by atoms with van der Waals surface area (Å²) < 4.78 is 5.48. The van der Waals surface area contributed by atoms with Gasteiger partial charge in [0.25, 0.3) is 0 Å². The molecule has 26 heavy (non-hydrogen) atoms. The maximum absolute atomic E-state index is 12.1. The van der Waals surface area contributed by atoms with Gasteiger partial charge in [0.1, 0.15) is 12.4 Å². The average molecular weight is 345 g/mol. The van der Waals surface area contributed by atoms with Crippen LogP contribution in [0.1, 0.15) is 22.6 Å². The van der Waals surface area contributed by atoms with Crippen molar-refractivity contribution in [2.24, 2.45) is 0 Å². The fraction of sp³-hybridized carbons (Fsp3) is 0.136. The van der Waals surface area contributed by atoms with Gasteiger partial charge in [-0.3, -0.25) is 0 Å². The van der Waals surface area contributed by atoms with Gasteiger partial charge in [-0.1, -0.05) is 60.7 Å². The van der Waals surface area contributed by atoms with Crippen molar-refractivity contribution in [2.75, 3.05) is 6.61 Å². The molecule has 0 radical (unpaired) electrons. The quantitative estimate of drug-likeness (QED) is 0.735. The van der Waals surface area contributed by atoms with E-state index in [9.17, 15) is 9.90 Å². The minimum Gasteiger partial charge on any atom is -0.508 e. The molecule has 0 aromatic heterocycles. The Bertz CT molecular complexity index is 906. The highest BCUT2D eigenvalue weighted by Crippen LogP contribution is 2.44. The summed E-state index contributed by atoms with van der Waals surface area (Å²) >= 11 is 0. The maximum Gasteiger partial charge on any atom is 0.407 e. The zero-order chi connectivity index (χ0) is 17.9. The SMILES string of the molecule is O=C(NCc1cccc(O)c1)OCC1c2ccccc2-c2ccccc21. The smallest absolute Gasteiger partial charge is 0.407 e. The number of carbonyl (C=O) groups excluding carboxylic acids is 1. The molecular weight excluding hydrogens is 326 g/mol. The standard InChI is InChI=1S/C22H19NO3/c24-16-7-5-6-15(12-16)13-23-22(25)26-14-21-19-10-3-1-8-17(19)18-9-2-4-11-20(18)21/h1-12,21,24H,13-14H2,(H,23,25). The minimum absolute atomic E-state index is 0.0499. The lowest BCUT2D eigenvalue weighted by Gasteiger charge is -2.14. The molecule has 0 unspecified atom stereocenters. The van der Waals surface area contributed by atoms with E-state index < -0.39 is 6.09 Å². The summed E-state index contributed by atoms with van der Waals surface area (Å²) in [5.41, 5.74) is 5.61. The van der Waals surface area contributed by atoms with E-state index in [2.05, 4.69) is 29.6 Å². The summed E-state index contributed by atoms with van der Waals surface area (Å²) in [6.07, 6.45) is -0.463. The lowest BCUT2D eigenvalue weighted by atomic mass is 9.98. The van der Waals surface area contributed by atoms with E-state index in [0.29, 0.717) is 13.2 Å². The highest BCUT2D eigenvalue weighted by molar-refractivity contribution is 5.79. The topological polar surface area (TPSA) is 58.6 Å². The van der Waals surface area contributed by atoms with Crippen molar-refractivity contribution in [3.05, 3.63) is 89.5 Å². The fourth-order valence-corrected chi connectivity index (χ4v) is 3.49. The average Bonchev–Trinajstić information content (AvgIpc) is 2.99. The first-order valence-corrected chi connectivity index (χ1v) is 8.59. The first-order chi connectivity index (χ1) is 12.7. The van der Waals surface area contributed by atoms with Gasteiger partial charge in [-0.2, -0.15) is 0 Å². The predicted octanol–water partition coefficient (Wildman–Crippen LogP) is 4.43. The van der Waals surface area contributed by atoms with Gasteiger partial charge in [-0.15, -0.1) is 0 Å². The van der Waals surface area contributed by atoms with Gasteiger partial charge in [0.05, 0.1) is 0 Å². The monoisotopic (exact) mass is 345 g/mol. The Balaban J connectivity index is 1.42. The van der Waals surface area contributed by atoms with Gasteiger partial charge in [-0.05, 0) is 39.9 Å². The molecule has 4 nitrogen and oxygen atoms in total. The number of amides is 1. The van der Waals surface area contributed by atoms with Gasteiger partial charge < -0.3 is 15.2 Å². The molecule has 1 aliphatic carbocycles. The Morgan fingerprint density at radius 1 is 0.923 bits per heavy atom. The summed E-state index contributed by atoms with van der Waals surface area (Å²) in [6.45, 7) is 0.602. The molecule has 3 aromatic carbocycles. The molecule has 0 aliphatic heterocycles. The van der Waals surface area contributed by atoms with Crippen molar-refractivity contribution >= 4 is 6.09 Å². The lowest BCUT2D eigenvalue weighted by molar-refractivity contribution is 0.142. The molecule has 0 fully saturated rings. The number of hydrogen-bond donors (Lipinski definition) is 2. The van der Waals surface area contributed by atoms with Crippen LogP contribution in [-0.4, -0.2) is 17.8 Å². The van der Waals surface area contributed by atoms with E-state index in [4.69, 9.17) is 4.74 Å². The highest BCUT2D eigenvalue weighted by Gasteiger charge is 2.28. The normalized spacial score (nSPS) is 12.3. The second-order valence-electron chi connectivity index (χ2n) is 6.35. The Morgan fingerprint density at radius 3 is 2.23 bits per heavy atom. The number of rotatable bonds is 4. The number of carbonyl (C=O) groups is 1. The number of phenolic OH excluding ortho intramolecular Hbond substituents is 1. The second kappa shape index (κ2) is 6.92.